The van der Waals surface area contributed by atoms with Crippen LogP contribution in [0.15, 0.2) is 42.5 Å². The quantitative estimate of drug-likeness (QED) is 0.456. The fourth-order valence-electron chi connectivity index (χ4n) is 2.00. The van der Waals surface area contributed by atoms with Crippen LogP contribution in [0.5, 0.6) is 5.75 Å². The van der Waals surface area contributed by atoms with Crippen molar-refractivity contribution < 1.29 is 4.74 Å². The summed E-state index contributed by atoms with van der Waals surface area (Å²) in [4.78, 5) is 0. The van der Waals surface area contributed by atoms with E-state index in [4.69, 9.17) is 27.9 Å². The van der Waals surface area contributed by atoms with Gasteiger partial charge in [0, 0.05) is 10.7 Å². The molecule has 0 fully saturated rings. The molecular weight excluding hydrogens is 262 g/mol. The van der Waals surface area contributed by atoms with Gasteiger partial charge in [0.25, 0.3) is 0 Å². The van der Waals surface area contributed by atoms with Gasteiger partial charge in [-0.05, 0) is 35.4 Å². The highest BCUT2D eigenvalue weighted by Gasteiger charge is 2.15. The molecule has 1 atom stereocenters. The van der Waals surface area contributed by atoms with Gasteiger partial charge in [-0.2, -0.15) is 0 Å². The Bertz CT molecular complexity index is 574. The molecule has 0 aliphatic carbocycles. The fourth-order valence-corrected chi connectivity index (χ4v) is 2.18. The Balaban J connectivity index is 2.43. The van der Waals surface area contributed by atoms with Gasteiger partial charge in [0.05, 0.1) is 13.2 Å². The second kappa shape index (κ2) is 5.93. The number of rotatable bonds is 4. The molecule has 0 amide bonds. The van der Waals surface area contributed by atoms with Gasteiger partial charge in [0.2, 0.25) is 0 Å². The lowest BCUT2D eigenvalue weighted by atomic mass is 9.97. The van der Waals surface area contributed by atoms with Crippen molar-refractivity contribution >= 4 is 17.3 Å². The molecule has 0 bridgehead atoms. The fraction of sp³-hybridized carbons (Fsp3) is 0.143. The third-order valence-electron chi connectivity index (χ3n) is 2.95. The number of halogens is 1. The lowest BCUT2D eigenvalue weighted by molar-refractivity contribution is 0.413. The van der Waals surface area contributed by atoms with Crippen LogP contribution in [-0.2, 0) is 0 Å². The van der Waals surface area contributed by atoms with E-state index in [0.29, 0.717) is 10.7 Å². The minimum atomic E-state index is -0.215. The van der Waals surface area contributed by atoms with Crippen molar-refractivity contribution in [2.45, 2.75) is 6.04 Å². The summed E-state index contributed by atoms with van der Waals surface area (Å²) >= 11 is 5.91. The number of hydrogen-bond donors (Lipinski definition) is 3. The van der Waals surface area contributed by atoms with Crippen molar-refractivity contribution in [2.75, 3.05) is 12.8 Å². The lowest BCUT2D eigenvalue weighted by Crippen LogP contribution is -2.29. The SMILES string of the molecule is COc1cccc(C(NN)c2ccc(Cl)cc2N)c1. The largest absolute Gasteiger partial charge is 0.497 e. The summed E-state index contributed by atoms with van der Waals surface area (Å²) in [6.45, 7) is 0. The predicted octanol–water partition coefficient (Wildman–Crippen LogP) is 2.48. The molecule has 4 nitrogen and oxygen atoms in total. The molecule has 0 heterocycles. The second-order valence-electron chi connectivity index (χ2n) is 4.15. The number of methoxy groups -OCH3 is 1. The maximum Gasteiger partial charge on any atom is 0.119 e. The maximum atomic E-state index is 5.99. The van der Waals surface area contributed by atoms with Crippen molar-refractivity contribution in [3.05, 3.63) is 58.6 Å². The van der Waals surface area contributed by atoms with Gasteiger partial charge in [-0.1, -0.05) is 29.8 Å². The molecule has 2 aromatic rings. The molecule has 0 aromatic heterocycles. The van der Waals surface area contributed by atoms with E-state index >= 15 is 0 Å². The summed E-state index contributed by atoms with van der Waals surface area (Å²) in [5.74, 6) is 6.42. The monoisotopic (exact) mass is 277 g/mol. The van der Waals surface area contributed by atoms with Crippen LogP contribution in [0.4, 0.5) is 5.69 Å². The number of anilines is 1. The molecule has 1 unspecified atom stereocenters. The number of hydrogen-bond acceptors (Lipinski definition) is 4. The first-order valence-corrected chi connectivity index (χ1v) is 6.18. The van der Waals surface area contributed by atoms with Gasteiger partial charge in [0.15, 0.2) is 0 Å². The molecule has 0 saturated carbocycles. The summed E-state index contributed by atoms with van der Waals surface area (Å²) in [5.41, 5.74) is 11.2. The van der Waals surface area contributed by atoms with Crippen molar-refractivity contribution in [2.24, 2.45) is 5.84 Å². The molecule has 19 heavy (non-hydrogen) atoms. The van der Waals surface area contributed by atoms with Crippen molar-refractivity contribution in [3.8, 4) is 5.75 Å². The van der Waals surface area contributed by atoms with E-state index in [1.165, 1.54) is 0 Å². The van der Waals surface area contributed by atoms with E-state index in [0.717, 1.165) is 16.9 Å². The van der Waals surface area contributed by atoms with Crippen molar-refractivity contribution in [1.82, 2.24) is 5.43 Å². The van der Waals surface area contributed by atoms with E-state index in [9.17, 15) is 0 Å². The average Bonchev–Trinajstić information content (AvgIpc) is 2.42. The molecule has 0 saturated heterocycles. The molecule has 2 aromatic carbocycles. The van der Waals surface area contributed by atoms with Crippen molar-refractivity contribution in [1.29, 1.82) is 0 Å². The van der Waals surface area contributed by atoms with Gasteiger partial charge >= 0.3 is 0 Å². The average molecular weight is 278 g/mol. The van der Waals surface area contributed by atoms with Gasteiger partial charge in [-0.25, -0.2) is 5.43 Å². The molecular formula is C14H16ClN3O. The smallest absolute Gasteiger partial charge is 0.119 e. The summed E-state index contributed by atoms with van der Waals surface area (Å²) in [6, 6.07) is 12.8. The van der Waals surface area contributed by atoms with Crippen LogP contribution in [0.3, 0.4) is 0 Å². The van der Waals surface area contributed by atoms with Gasteiger partial charge in [-0.15, -0.1) is 0 Å². The molecule has 5 heteroatoms. The van der Waals surface area contributed by atoms with Crippen LogP contribution in [0, 0.1) is 0 Å². The Labute approximate surface area is 117 Å². The van der Waals surface area contributed by atoms with Crippen molar-refractivity contribution in [3.63, 3.8) is 0 Å². The molecule has 0 radical (unpaired) electrons. The Morgan fingerprint density at radius 3 is 2.63 bits per heavy atom. The van der Waals surface area contributed by atoms with E-state index in [1.807, 2.05) is 30.3 Å². The zero-order valence-corrected chi connectivity index (χ0v) is 11.3. The Morgan fingerprint density at radius 1 is 1.21 bits per heavy atom. The molecule has 5 N–H and O–H groups in total. The van der Waals surface area contributed by atoms with E-state index in [1.54, 1.807) is 19.2 Å². The Morgan fingerprint density at radius 2 is 2.00 bits per heavy atom. The first-order chi connectivity index (χ1) is 9.15. The van der Waals surface area contributed by atoms with E-state index in [2.05, 4.69) is 5.43 Å². The maximum absolute atomic E-state index is 5.99. The summed E-state index contributed by atoms with van der Waals surface area (Å²) in [5, 5.41) is 0.600. The standard InChI is InChI=1S/C14H16ClN3O/c1-19-11-4-2-3-9(7-11)14(18-17)12-6-5-10(15)8-13(12)16/h2-8,14,18H,16-17H2,1H3. The molecule has 0 aliphatic heterocycles. The first kappa shape index (κ1) is 13.7. The summed E-state index contributed by atoms with van der Waals surface area (Å²) in [7, 11) is 1.63. The topological polar surface area (TPSA) is 73.3 Å². The van der Waals surface area contributed by atoms with Gasteiger partial charge < -0.3 is 10.5 Å². The normalized spacial score (nSPS) is 12.2. The van der Waals surface area contributed by atoms with Crippen LogP contribution < -0.4 is 21.7 Å². The summed E-state index contributed by atoms with van der Waals surface area (Å²) < 4.78 is 5.21. The highest BCUT2D eigenvalue weighted by molar-refractivity contribution is 6.30. The van der Waals surface area contributed by atoms with Gasteiger partial charge in [-0.3, -0.25) is 5.84 Å². The third-order valence-corrected chi connectivity index (χ3v) is 3.19. The zero-order valence-electron chi connectivity index (χ0n) is 10.6. The van der Waals surface area contributed by atoms with E-state index < -0.39 is 0 Å². The first-order valence-electron chi connectivity index (χ1n) is 5.80. The number of ether oxygens (including phenoxy) is 1. The zero-order chi connectivity index (χ0) is 13.8. The van der Waals surface area contributed by atoms with Gasteiger partial charge in [0.1, 0.15) is 5.75 Å². The Hall–Kier alpha value is -1.75. The van der Waals surface area contributed by atoms with Crippen LogP contribution in [0.25, 0.3) is 0 Å². The Kier molecular flexibility index (Phi) is 4.27. The second-order valence-corrected chi connectivity index (χ2v) is 4.59. The van der Waals surface area contributed by atoms with Crippen LogP contribution in [0.2, 0.25) is 5.02 Å². The highest BCUT2D eigenvalue weighted by atomic mass is 35.5. The third kappa shape index (κ3) is 2.98. The predicted molar refractivity (Wildman–Crippen MR) is 78.0 cm³/mol. The minimum absolute atomic E-state index is 0.215. The van der Waals surface area contributed by atoms with Crippen LogP contribution >= 0.6 is 11.6 Å². The lowest BCUT2D eigenvalue weighted by Gasteiger charge is -2.19. The minimum Gasteiger partial charge on any atom is -0.497 e. The molecule has 0 aliphatic rings. The molecule has 100 valence electrons. The highest BCUT2D eigenvalue weighted by Crippen LogP contribution is 2.29. The number of nitrogens with one attached hydrogen (secondary N) is 1. The number of benzene rings is 2. The van der Waals surface area contributed by atoms with E-state index in [-0.39, 0.29) is 6.04 Å². The van der Waals surface area contributed by atoms with Crippen LogP contribution in [0.1, 0.15) is 17.2 Å². The molecule has 0 spiro atoms. The number of hydrazine groups is 1. The molecule has 2 rings (SSSR count). The number of nitrogens with two attached hydrogens (primary N) is 2. The summed E-state index contributed by atoms with van der Waals surface area (Å²) in [6.07, 6.45) is 0. The van der Waals surface area contributed by atoms with Crippen LogP contribution in [-0.4, -0.2) is 7.11 Å². The number of nitrogen functional groups attached to an aromatic ring is 1.